The fourth-order valence-corrected chi connectivity index (χ4v) is 4.68. The van der Waals surface area contributed by atoms with Crippen molar-refractivity contribution in [3.63, 3.8) is 0 Å². The summed E-state index contributed by atoms with van der Waals surface area (Å²) < 4.78 is 2.32. The van der Waals surface area contributed by atoms with Crippen LogP contribution in [0.2, 0.25) is 0 Å². The summed E-state index contributed by atoms with van der Waals surface area (Å²) >= 11 is 7.25. The Balaban J connectivity index is 1.83. The molecule has 19 heavy (non-hydrogen) atoms. The zero-order valence-electron chi connectivity index (χ0n) is 11.3. The first-order chi connectivity index (χ1) is 9.15. The van der Waals surface area contributed by atoms with E-state index in [0.29, 0.717) is 6.04 Å². The molecule has 3 rings (SSSR count). The van der Waals surface area contributed by atoms with Crippen molar-refractivity contribution in [2.75, 3.05) is 24.5 Å². The van der Waals surface area contributed by atoms with Gasteiger partial charge >= 0.3 is 0 Å². The normalized spacial score (nSPS) is 28.3. The van der Waals surface area contributed by atoms with Crippen molar-refractivity contribution in [1.82, 2.24) is 4.90 Å². The van der Waals surface area contributed by atoms with E-state index in [0.717, 1.165) is 10.5 Å². The van der Waals surface area contributed by atoms with Crippen molar-refractivity contribution >= 4 is 37.5 Å². The fourth-order valence-electron chi connectivity index (χ4n) is 3.40. The average Bonchev–Trinajstić information content (AvgIpc) is 2.38. The van der Waals surface area contributed by atoms with Gasteiger partial charge in [-0.2, -0.15) is 0 Å². The molecular weight excluding hydrogens is 368 g/mol. The molecule has 0 aliphatic carbocycles. The van der Waals surface area contributed by atoms with Crippen molar-refractivity contribution in [3.8, 4) is 0 Å². The standard InChI is InChI=1S/C15H20Br2N2/c1-11-9-18-7-3-2-4-13(18)10-19(11)15-6-5-12(16)8-14(15)17/h5-6,8,11,13H,2-4,7,9-10H2,1H3. The molecule has 0 bridgehead atoms. The molecule has 1 aromatic rings. The quantitative estimate of drug-likeness (QED) is 0.709. The van der Waals surface area contributed by atoms with Crippen molar-refractivity contribution in [3.05, 3.63) is 27.1 Å². The second-order valence-electron chi connectivity index (χ2n) is 5.74. The number of hydrogen-bond donors (Lipinski definition) is 0. The Morgan fingerprint density at radius 2 is 2.00 bits per heavy atom. The van der Waals surface area contributed by atoms with E-state index in [-0.39, 0.29) is 0 Å². The van der Waals surface area contributed by atoms with Crippen LogP contribution >= 0.6 is 31.9 Å². The molecule has 0 saturated carbocycles. The van der Waals surface area contributed by atoms with Gasteiger partial charge in [0, 0.05) is 34.1 Å². The lowest BCUT2D eigenvalue weighted by Crippen LogP contribution is -2.58. The largest absolute Gasteiger partial charge is 0.365 e. The second kappa shape index (κ2) is 5.74. The molecule has 0 spiro atoms. The van der Waals surface area contributed by atoms with Gasteiger partial charge in [0.15, 0.2) is 0 Å². The Bertz CT molecular complexity index is 463. The van der Waals surface area contributed by atoms with Crippen LogP contribution in [0.4, 0.5) is 5.69 Å². The fraction of sp³-hybridized carbons (Fsp3) is 0.600. The van der Waals surface area contributed by atoms with Crippen LogP contribution in [0.5, 0.6) is 0 Å². The first-order valence-corrected chi connectivity index (χ1v) is 8.69. The summed E-state index contributed by atoms with van der Waals surface area (Å²) in [5, 5.41) is 0. The summed E-state index contributed by atoms with van der Waals surface area (Å²) in [5.41, 5.74) is 1.33. The topological polar surface area (TPSA) is 6.48 Å². The summed E-state index contributed by atoms with van der Waals surface area (Å²) in [7, 11) is 0. The molecule has 2 atom stereocenters. The van der Waals surface area contributed by atoms with E-state index in [9.17, 15) is 0 Å². The molecule has 2 saturated heterocycles. The average molecular weight is 388 g/mol. The maximum atomic E-state index is 3.71. The van der Waals surface area contributed by atoms with Gasteiger partial charge in [0.05, 0.1) is 5.69 Å². The van der Waals surface area contributed by atoms with E-state index in [1.165, 1.54) is 49.1 Å². The highest BCUT2D eigenvalue weighted by molar-refractivity contribution is 9.11. The van der Waals surface area contributed by atoms with Crippen molar-refractivity contribution < 1.29 is 0 Å². The van der Waals surface area contributed by atoms with Gasteiger partial charge < -0.3 is 4.90 Å². The molecule has 2 nitrogen and oxygen atoms in total. The van der Waals surface area contributed by atoms with E-state index >= 15 is 0 Å². The third kappa shape index (κ3) is 2.86. The van der Waals surface area contributed by atoms with E-state index in [2.05, 4.69) is 66.8 Å². The number of piperazine rings is 1. The number of fused-ring (bicyclic) bond motifs is 1. The van der Waals surface area contributed by atoms with Crippen LogP contribution in [0, 0.1) is 0 Å². The number of piperidine rings is 1. The Labute approximate surface area is 132 Å². The minimum atomic E-state index is 0.590. The zero-order valence-corrected chi connectivity index (χ0v) is 14.5. The molecule has 4 heteroatoms. The number of halogens is 2. The molecule has 2 unspecified atom stereocenters. The Hall–Kier alpha value is -0.0600. The van der Waals surface area contributed by atoms with Crippen molar-refractivity contribution in [1.29, 1.82) is 0 Å². The molecular formula is C15H20Br2N2. The predicted molar refractivity (Wildman–Crippen MR) is 87.9 cm³/mol. The smallest absolute Gasteiger partial charge is 0.0514 e. The number of benzene rings is 1. The van der Waals surface area contributed by atoms with Crippen molar-refractivity contribution in [2.45, 2.75) is 38.3 Å². The van der Waals surface area contributed by atoms with Gasteiger partial charge in [0.2, 0.25) is 0 Å². The number of hydrogen-bond acceptors (Lipinski definition) is 2. The Morgan fingerprint density at radius 3 is 2.79 bits per heavy atom. The van der Waals surface area contributed by atoms with Crippen LogP contribution in [0.15, 0.2) is 27.1 Å². The van der Waals surface area contributed by atoms with Crippen LogP contribution in [-0.4, -0.2) is 36.6 Å². The first kappa shape index (κ1) is 13.9. The maximum absolute atomic E-state index is 3.71. The Morgan fingerprint density at radius 1 is 1.16 bits per heavy atom. The third-order valence-corrected chi connectivity index (χ3v) is 5.53. The molecule has 104 valence electrons. The highest BCUT2D eigenvalue weighted by Crippen LogP contribution is 2.34. The van der Waals surface area contributed by atoms with Gasteiger partial charge in [0.25, 0.3) is 0 Å². The van der Waals surface area contributed by atoms with E-state index < -0.39 is 0 Å². The van der Waals surface area contributed by atoms with Crippen LogP contribution in [0.1, 0.15) is 26.2 Å². The van der Waals surface area contributed by atoms with Crippen LogP contribution in [-0.2, 0) is 0 Å². The van der Waals surface area contributed by atoms with Crippen molar-refractivity contribution in [2.24, 2.45) is 0 Å². The monoisotopic (exact) mass is 386 g/mol. The summed E-state index contributed by atoms with van der Waals surface area (Å²) in [6.45, 7) is 6.01. The van der Waals surface area contributed by atoms with Crippen LogP contribution in [0.3, 0.4) is 0 Å². The van der Waals surface area contributed by atoms with E-state index in [4.69, 9.17) is 0 Å². The highest BCUT2D eigenvalue weighted by atomic mass is 79.9. The zero-order chi connectivity index (χ0) is 13.4. The van der Waals surface area contributed by atoms with Gasteiger partial charge in [-0.05, 0) is 60.4 Å². The lowest BCUT2D eigenvalue weighted by Gasteiger charge is -2.48. The number of rotatable bonds is 1. The molecule has 0 radical (unpaired) electrons. The Kier molecular flexibility index (Phi) is 4.20. The van der Waals surface area contributed by atoms with Gasteiger partial charge in [-0.25, -0.2) is 0 Å². The lowest BCUT2D eigenvalue weighted by molar-refractivity contribution is 0.115. The molecule has 0 aromatic heterocycles. The molecule has 0 N–H and O–H groups in total. The lowest BCUT2D eigenvalue weighted by atomic mass is 9.96. The molecule has 2 aliphatic heterocycles. The van der Waals surface area contributed by atoms with Crippen LogP contribution < -0.4 is 4.90 Å². The SMILES string of the molecule is CC1CN2CCCCC2CN1c1ccc(Br)cc1Br. The predicted octanol–water partition coefficient (Wildman–Crippen LogP) is 4.27. The number of nitrogens with zero attached hydrogens (tertiary/aromatic N) is 2. The summed E-state index contributed by atoms with van der Waals surface area (Å²) in [5.74, 6) is 0. The van der Waals surface area contributed by atoms with Gasteiger partial charge in [0.1, 0.15) is 0 Å². The maximum Gasteiger partial charge on any atom is 0.0514 e. The molecule has 1 aromatic carbocycles. The minimum Gasteiger partial charge on any atom is -0.365 e. The van der Waals surface area contributed by atoms with E-state index in [1.807, 2.05) is 0 Å². The number of anilines is 1. The van der Waals surface area contributed by atoms with Gasteiger partial charge in [-0.1, -0.05) is 22.4 Å². The summed E-state index contributed by atoms with van der Waals surface area (Å²) in [4.78, 5) is 5.26. The summed E-state index contributed by atoms with van der Waals surface area (Å²) in [6.07, 6.45) is 4.13. The van der Waals surface area contributed by atoms with Gasteiger partial charge in [-0.15, -0.1) is 0 Å². The van der Waals surface area contributed by atoms with Crippen LogP contribution in [0.25, 0.3) is 0 Å². The third-order valence-electron chi connectivity index (χ3n) is 4.41. The molecule has 0 amide bonds. The molecule has 2 fully saturated rings. The molecule has 2 heterocycles. The van der Waals surface area contributed by atoms with E-state index in [1.54, 1.807) is 0 Å². The first-order valence-electron chi connectivity index (χ1n) is 7.11. The van der Waals surface area contributed by atoms with Gasteiger partial charge in [-0.3, -0.25) is 4.90 Å². The second-order valence-corrected chi connectivity index (χ2v) is 7.51. The summed E-state index contributed by atoms with van der Waals surface area (Å²) in [6, 6.07) is 7.85. The molecule has 2 aliphatic rings. The minimum absolute atomic E-state index is 0.590. The highest BCUT2D eigenvalue weighted by Gasteiger charge is 2.33.